The molecule has 0 spiro atoms. The molecular weight excluding hydrogens is 262 g/mol. The summed E-state index contributed by atoms with van der Waals surface area (Å²) in [6.07, 6.45) is 1.71. The quantitative estimate of drug-likeness (QED) is 0.525. The van der Waals surface area contributed by atoms with Crippen molar-refractivity contribution in [2.75, 3.05) is 7.11 Å². The summed E-state index contributed by atoms with van der Waals surface area (Å²) in [7, 11) is 1.37. The third kappa shape index (κ3) is 6.99. The molecule has 0 aromatic heterocycles. The summed E-state index contributed by atoms with van der Waals surface area (Å²) in [4.78, 5) is 10.5. The van der Waals surface area contributed by atoms with E-state index >= 15 is 0 Å². The number of allylic oxidation sites excluding steroid dienone is 1. The van der Waals surface area contributed by atoms with Gasteiger partial charge in [0.25, 0.3) is 0 Å². The fourth-order valence-electron chi connectivity index (χ4n) is 1.22. The SMILES string of the molecule is CC(N)C(Cl)c1ccccc1.CC=C(C)C(=O)OC. The maximum absolute atomic E-state index is 10.5. The van der Waals surface area contributed by atoms with Gasteiger partial charge in [-0.25, -0.2) is 4.79 Å². The van der Waals surface area contributed by atoms with Gasteiger partial charge in [-0.2, -0.15) is 0 Å². The second-order valence-electron chi connectivity index (χ2n) is 4.13. The molecule has 106 valence electrons. The van der Waals surface area contributed by atoms with Gasteiger partial charge in [0.2, 0.25) is 0 Å². The first-order chi connectivity index (χ1) is 8.93. The van der Waals surface area contributed by atoms with Crippen molar-refractivity contribution >= 4 is 17.6 Å². The minimum atomic E-state index is -0.257. The van der Waals surface area contributed by atoms with E-state index in [-0.39, 0.29) is 17.4 Å². The molecule has 3 nitrogen and oxygen atoms in total. The summed E-state index contributed by atoms with van der Waals surface area (Å²) in [5.41, 5.74) is 7.37. The van der Waals surface area contributed by atoms with Crippen molar-refractivity contribution in [1.82, 2.24) is 0 Å². The highest BCUT2D eigenvalue weighted by Crippen LogP contribution is 2.21. The summed E-state index contributed by atoms with van der Waals surface area (Å²) in [5, 5.41) is -0.0730. The lowest BCUT2D eigenvalue weighted by atomic mass is 10.1. The lowest BCUT2D eigenvalue weighted by Gasteiger charge is -2.12. The van der Waals surface area contributed by atoms with Gasteiger partial charge in [0.15, 0.2) is 0 Å². The largest absolute Gasteiger partial charge is 0.466 e. The number of hydrogen-bond acceptors (Lipinski definition) is 3. The smallest absolute Gasteiger partial charge is 0.333 e. The zero-order valence-corrected chi connectivity index (χ0v) is 12.6. The van der Waals surface area contributed by atoms with Crippen LogP contribution in [0.2, 0.25) is 0 Å². The van der Waals surface area contributed by atoms with E-state index in [1.807, 2.05) is 37.3 Å². The second kappa shape index (κ2) is 9.59. The van der Waals surface area contributed by atoms with Crippen LogP contribution in [0.1, 0.15) is 31.7 Å². The normalized spacial score (nSPS) is 13.9. The first-order valence-corrected chi connectivity index (χ1v) is 6.53. The van der Waals surface area contributed by atoms with Crippen LogP contribution in [0.15, 0.2) is 42.0 Å². The minimum absolute atomic E-state index is 0.000864. The fourth-order valence-corrected chi connectivity index (χ4v) is 1.36. The number of carbonyl (C=O) groups excluding carboxylic acids is 1. The van der Waals surface area contributed by atoms with E-state index in [0.717, 1.165) is 5.56 Å². The van der Waals surface area contributed by atoms with Gasteiger partial charge in [0.05, 0.1) is 12.5 Å². The van der Waals surface area contributed by atoms with E-state index in [9.17, 15) is 4.79 Å². The summed E-state index contributed by atoms with van der Waals surface area (Å²) in [5.74, 6) is -0.257. The number of hydrogen-bond donors (Lipinski definition) is 1. The molecule has 0 heterocycles. The average Bonchev–Trinajstić information content (AvgIpc) is 2.46. The Morgan fingerprint density at radius 3 is 2.21 bits per heavy atom. The van der Waals surface area contributed by atoms with Crippen LogP contribution in [-0.4, -0.2) is 19.1 Å². The van der Waals surface area contributed by atoms with Crippen LogP contribution in [-0.2, 0) is 9.53 Å². The van der Waals surface area contributed by atoms with Crippen molar-refractivity contribution in [3.05, 3.63) is 47.5 Å². The zero-order valence-electron chi connectivity index (χ0n) is 11.9. The van der Waals surface area contributed by atoms with Crippen molar-refractivity contribution in [3.63, 3.8) is 0 Å². The van der Waals surface area contributed by atoms with Crippen LogP contribution in [0, 0.1) is 0 Å². The van der Waals surface area contributed by atoms with Crippen LogP contribution in [0.4, 0.5) is 0 Å². The van der Waals surface area contributed by atoms with Crippen LogP contribution in [0.3, 0.4) is 0 Å². The number of esters is 1. The molecule has 0 aliphatic rings. The Morgan fingerprint density at radius 1 is 1.37 bits per heavy atom. The van der Waals surface area contributed by atoms with E-state index in [2.05, 4.69) is 4.74 Å². The van der Waals surface area contributed by atoms with Crippen LogP contribution >= 0.6 is 11.6 Å². The van der Waals surface area contributed by atoms with Gasteiger partial charge in [-0.1, -0.05) is 36.4 Å². The predicted molar refractivity (Wildman–Crippen MR) is 80.1 cm³/mol. The Balaban J connectivity index is 0.000000362. The number of ether oxygens (including phenoxy) is 1. The standard InChI is InChI=1S/C9H12ClN.C6H10O2/c1-7(11)9(10)8-5-3-2-4-6-8;1-4-5(2)6(7)8-3/h2-7,9H,11H2,1H3;4H,1-3H3. The van der Waals surface area contributed by atoms with E-state index in [0.29, 0.717) is 5.57 Å². The van der Waals surface area contributed by atoms with Crippen LogP contribution in [0.5, 0.6) is 0 Å². The summed E-state index contributed by atoms with van der Waals surface area (Å²) in [6, 6.07) is 9.87. The van der Waals surface area contributed by atoms with Gasteiger partial charge in [-0.15, -0.1) is 11.6 Å². The lowest BCUT2D eigenvalue weighted by Crippen LogP contribution is -2.20. The van der Waals surface area contributed by atoms with Gasteiger partial charge in [0.1, 0.15) is 0 Å². The molecule has 0 fully saturated rings. The van der Waals surface area contributed by atoms with Crippen molar-refractivity contribution < 1.29 is 9.53 Å². The Bertz CT molecular complexity index is 402. The van der Waals surface area contributed by atoms with Crippen molar-refractivity contribution in [2.45, 2.75) is 32.2 Å². The molecule has 0 amide bonds. The fraction of sp³-hybridized carbons (Fsp3) is 0.400. The summed E-state index contributed by atoms with van der Waals surface area (Å²) in [6.45, 7) is 5.42. The number of alkyl halides is 1. The Morgan fingerprint density at radius 2 is 1.89 bits per heavy atom. The van der Waals surface area contributed by atoms with Crippen molar-refractivity contribution in [2.24, 2.45) is 5.73 Å². The van der Waals surface area contributed by atoms with E-state index < -0.39 is 0 Å². The van der Waals surface area contributed by atoms with E-state index in [1.54, 1.807) is 19.9 Å². The van der Waals surface area contributed by atoms with Crippen LogP contribution in [0.25, 0.3) is 0 Å². The third-order valence-electron chi connectivity index (χ3n) is 2.52. The van der Waals surface area contributed by atoms with Gasteiger partial charge in [-0.05, 0) is 26.3 Å². The Hall–Kier alpha value is -1.32. The van der Waals surface area contributed by atoms with Gasteiger partial charge in [0, 0.05) is 11.6 Å². The maximum Gasteiger partial charge on any atom is 0.333 e. The van der Waals surface area contributed by atoms with Crippen molar-refractivity contribution in [1.29, 1.82) is 0 Å². The third-order valence-corrected chi connectivity index (χ3v) is 3.17. The molecule has 4 heteroatoms. The summed E-state index contributed by atoms with van der Waals surface area (Å²) >= 11 is 6.02. The number of methoxy groups -OCH3 is 1. The predicted octanol–water partition coefficient (Wildman–Crippen LogP) is 3.44. The average molecular weight is 284 g/mol. The number of carbonyl (C=O) groups is 1. The maximum atomic E-state index is 10.5. The van der Waals surface area contributed by atoms with Gasteiger partial charge >= 0.3 is 5.97 Å². The molecule has 2 unspecified atom stereocenters. The summed E-state index contributed by atoms with van der Waals surface area (Å²) < 4.78 is 4.40. The second-order valence-corrected chi connectivity index (χ2v) is 4.61. The van der Waals surface area contributed by atoms with Gasteiger partial charge in [-0.3, -0.25) is 0 Å². The van der Waals surface area contributed by atoms with Crippen molar-refractivity contribution in [3.8, 4) is 0 Å². The van der Waals surface area contributed by atoms with E-state index in [1.165, 1.54) is 7.11 Å². The molecule has 0 saturated heterocycles. The topological polar surface area (TPSA) is 52.3 Å². The molecule has 2 N–H and O–H groups in total. The monoisotopic (exact) mass is 283 g/mol. The molecular formula is C15H22ClNO2. The highest BCUT2D eigenvalue weighted by molar-refractivity contribution is 6.21. The molecule has 0 bridgehead atoms. The highest BCUT2D eigenvalue weighted by Gasteiger charge is 2.10. The number of nitrogens with two attached hydrogens (primary N) is 1. The molecule has 0 radical (unpaired) electrons. The molecule has 19 heavy (non-hydrogen) atoms. The van der Waals surface area contributed by atoms with E-state index in [4.69, 9.17) is 17.3 Å². The van der Waals surface area contributed by atoms with Gasteiger partial charge < -0.3 is 10.5 Å². The minimum Gasteiger partial charge on any atom is -0.466 e. The molecule has 1 aromatic carbocycles. The molecule has 0 aliphatic heterocycles. The lowest BCUT2D eigenvalue weighted by molar-refractivity contribution is -0.136. The van der Waals surface area contributed by atoms with Crippen LogP contribution < -0.4 is 5.73 Å². The highest BCUT2D eigenvalue weighted by atomic mass is 35.5. The molecule has 0 saturated carbocycles. The zero-order chi connectivity index (χ0) is 14.8. The Labute approximate surface area is 120 Å². The number of rotatable bonds is 3. The number of benzene rings is 1. The molecule has 0 aliphatic carbocycles. The first kappa shape index (κ1) is 17.7. The molecule has 1 aromatic rings. The number of halogens is 1. The first-order valence-electron chi connectivity index (χ1n) is 6.09. The molecule has 1 rings (SSSR count). The Kier molecular flexibility index (Phi) is 8.92. The molecule has 2 atom stereocenters.